The lowest BCUT2D eigenvalue weighted by Crippen LogP contribution is -2.38. The summed E-state index contributed by atoms with van der Waals surface area (Å²) in [6.45, 7) is 5.26. The molecule has 0 aliphatic rings. The van der Waals surface area contributed by atoms with Crippen LogP contribution in [0.25, 0.3) is 0 Å². The van der Waals surface area contributed by atoms with Crippen LogP contribution in [0.3, 0.4) is 0 Å². The van der Waals surface area contributed by atoms with E-state index in [1.165, 1.54) is 6.92 Å². The van der Waals surface area contributed by atoms with Crippen LogP contribution in [0.5, 0.6) is 5.75 Å². The highest BCUT2D eigenvalue weighted by molar-refractivity contribution is 6.03. The van der Waals surface area contributed by atoms with Crippen molar-refractivity contribution in [1.29, 1.82) is 5.26 Å². The van der Waals surface area contributed by atoms with Gasteiger partial charge in [-0.2, -0.15) is 5.26 Å². The van der Waals surface area contributed by atoms with Crippen molar-refractivity contribution in [3.63, 3.8) is 0 Å². The number of nitrogens with one attached hydrogen (secondary N) is 1. The normalized spacial score (nSPS) is 11.5. The summed E-state index contributed by atoms with van der Waals surface area (Å²) in [7, 11) is 0. The molecule has 6 nitrogen and oxygen atoms in total. The minimum Gasteiger partial charge on any atom is -0.494 e. The molecular formula is C18H22N2O4. The number of ketones is 2. The first-order valence-corrected chi connectivity index (χ1v) is 7.81. The maximum Gasteiger partial charge on any atom is 0.245 e. The van der Waals surface area contributed by atoms with E-state index in [0.717, 1.165) is 0 Å². The third-order valence-electron chi connectivity index (χ3n) is 3.22. The number of hydrogen-bond acceptors (Lipinski definition) is 5. The van der Waals surface area contributed by atoms with Crippen molar-refractivity contribution in [2.45, 2.75) is 39.7 Å². The minimum atomic E-state index is -1.28. The van der Waals surface area contributed by atoms with Gasteiger partial charge in [0.2, 0.25) is 5.91 Å². The Balaban J connectivity index is 2.45. The highest BCUT2D eigenvalue weighted by Gasteiger charge is 2.26. The minimum absolute atomic E-state index is 0.0522. The second-order valence-corrected chi connectivity index (χ2v) is 5.73. The summed E-state index contributed by atoms with van der Waals surface area (Å²) >= 11 is 0. The Labute approximate surface area is 141 Å². The van der Waals surface area contributed by atoms with E-state index in [-0.39, 0.29) is 24.9 Å². The summed E-state index contributed by atoms with van der Waals surface area (Å²) in [5.74, 6) is -1.77. The lowest BCUT2D eigenvalue weighted by molar-refractivity contribution is -0.132. The molecule has 0 saturated carbocycles. The number of amides is 1. The van der Waals surface area contributed by atoms with Crippen LogP contribution in [-0.2, 0) is 9.59 Å². The number of carbonyl (C=O) groups excluding carboxylic acids is 3. The van der Waals surface area contributed by atoms with E-state index >= 15 is 0 Å². The van der Waals surface area contributed by atoms with Crippen molar-refractivity contribution in [1.82, 2.24) is 5.32 Å². The summed E-state index contributed by atoms with van der Waals surface area (Å²) < 4.78 is 5.50. The van der Waals surface area contributed by atoms with Crippen LogP contribution in [-0.4, -0.2) is 30.1 Å². The van der Waals surface area contributed by atoms with Gasteiger partial charge in [0.05, 0.1) is 12.7 Å². The fourth-order valence-corrected chi connectivity index (χ4v) is 2.03. The van der Waals surface area contributed by atoms with Gasteiger partial charge < -0.3 is 10.1 Å². The Kier molecular flexibility index (Phi) is 7.63. The number of benzene rings is 1. The van der Waals surface area contributed by atoms with Crippen LogP contribution in [0.15, 0.2) is 24.3 Å². The first kappa shape index (κ1) is 19.4. The van der Waals surface area contributed by atoms with Gasteiger partial charge in [0.15, 0.2) is 17.5 Å². The Morgan fingerprint density at radius 1 is 1.29 bits per heavy atom. The Morgan fingerprint density at radius 3 is 2.58 bits per heavy atom. The number of Topliss-reactive ketones (excluding diaryl/α,β-unsaturated/α-hetero) is 2. The van der Waals surface area contributed by atoms with Gasteiger partial charge in [0.25, 0.3) is 0 Å². The molecule has 1 aromatic rings. The molecule has 0 spiro atoms. The first-order valence-electron chi connectivity index (χ1n) is 7.81. The third-order valence-corrected chi connectivity index (χ3v) is 3.22. The predicted octanol–water partition coefficient (Wildman–Crippen LogP) is 2.28. The number of nitrogens with zero attached hydrogens (tertiary/aromatic N) is 1. The number of hydrogen-bond donors (Lipinski definition) is 1. The molecule has 0 radical (unpaired) electrons. The molecule has 0 aliphatic carbocycles. The van der Waals surface area contributed by atoms with Gasteiger partial charge >= 0.3 is 0 Å². The van der Waals surface area contributed by atoms with E-state index in [1.807, 2.05) is 0 Å². The zero-order valence-corrected chi connectivity index (χ0v) is 14.2. The fourth-order valence-electron chi connectivity index (χ4n) is 2.03. The standard InChI is InChI=1S/C18H22N2O4/c1-12(2)20-18(23)16(11-19)17(22)8-5-9-24-15-7-4-6-14(10-15)13(3)21/h4,6-7,10,12,16H,5,8-9H2,1-3H3,(H,20,23)/t16-/m1/s1. The van der Waals surface area contributed by atoms with Gasteiger partial charge in [-0.3, -0.25) is 14.4 Å². The molecule has 0 fully saturated rings. The second-order valence-electron chi connectivity index (χ2n) is 5.73. The van der Waals surface area contributed by atoms with Gasteiger partial charge in [-0.25, -0.2) is 0 Å². The van der Waals surface area contributed by atoms with Crippen LogP contribution in [0.2, 0.25) is 0 Å². The molecule has 1 atom stereocenters. The molecule has 6 heteroatoms. The average Bonchev–Trinajstić information content (AvgIpc) is 2.51. The maximum atomic E-state index is 12.0. The molecule has 1 aromatic carbocycles. The quantitative estimate of drug-likeness (QED) is 0.426. The lowest BCUT2D eigenvalue weighted by Gasteiger charge is -2.12. The van der Waals surface area contributed by atoms with Crippen LogP contribution in [0.4, 0.5) is 0 Å². The van der Waals surface area contributed by atoms with Crippen LogP contribution in [0, 0.1) is 17.2 Å². The predicted molar refractivity (Wildman–Crippen MR) is 88.6 cm³/mol. The van der Waals surface area contributed by atoms with Gasteiger partial charge in [0.1, 0.15) is 5.75 Å². The zero-order valence-electron chi connectivity index (χ0n) is 14.2. The smallest absolute Gasteiger partial charge is 0.245 e. The van der Waals surface area contributed by atoms with Gasteiger partial charge in [-0.1, -0.05) is 12.1 Å². The summed E-state index contributed by atoms with van der Waals surface area (Å²) in [6.07, 6.45) is 0.465. The van der Waals surface area contributed by atoms with Crippen molar-refractivity contribution in [2.75, 3.05) is 6.61 Å². The molecule has 0 aromatic heterocycles. The van der Waals surface area contributed by atoms with Crippen molar-refractivity contribution < 1.29 is 19.1 Å². The third kappa shape index (κ3) is 6.21. The number of nitriles is 1. The molecular weight excluding hydrogens is 308 g/mol. The Morgan fingerprint density at radius 2 is 2.00 bits per heavy atom. The van der Waals surface area contributed by atoms with Crippen molar-refractivity contribution in [2.24, 2.45) is 5.92 Å². The van der Waals surface area contributed by atoms with Crippen LogP contribution >= 0.6 is 0 Å². The van der Waals surface area contributed by atoms with E-state index < -0.39 is 17.6 Å². The molecule has 0 saturated heterocycles. The van der Waals surface area contributed by atoms with E-state index in [2.05, 4.69) is 5.32 Å². The molecule has 1 N–H and O–H groups in total. The maximum absolute atomic E-state index is 12.0. The number of rotatable bonds is 9. The van der Waals surface area contributed by atoms with Gasteiger partial charge in [-0.15, -0.1) is 0 Å². The highest BCUT2D eigenvalue weighted by Crippen LogP contribution is 2.14. The topological polar surface area (TPSA) is 96.3 Å². The molecule has 24 heavy (non-hydrogen) atoms. The zero-order chi connectivity index (χ0) is 18.1. The summed E-state index contributed by atoms with van der Waals surface area (Å²) in [5, 5.41) is 11.6. The van der Waals surface area contributed by atoms with Crippen molar-refractivity contribution in [3.05, 3.63) is 29.8 Å². The second kappa shape index (κ2) is 9.46. The fraction of sp³-hybridized carbons (Fsp3) is 0.444. The molecule has 1 amide bonds. The first-order chi connectivity index (χ1) is 11.3. The molecule has 0 unspecified atom stereocenters. The van der Waals surface area contributed by atoms with Crippen LogP contribution in [0.1, 0.15) is 44.0 Å². The van der Waals surface area contributed by atoms with E-state index in [0.29, 0.717) is 17.7 Å². The molecule has 1 rings (SSSR count). The van der Waals surface area contributed by atoms with Crippen LogP contribution < -0.4 is 10.1 Å². The largest absolute Gasteiger partial charge is 0.494 e. The Bertz CT molecular complexity index is 647. The Hall–Kier alpha value is -2.68. The van der Waals surface area contributed by atoms with Gasteiger partial charge in [-0.05, 0) is 39.3 Å². The molecule has 0 heterocycles. The van der Waals surface area contributed by atoms with Crippen molar-refractivity contribution in [3.8, 4) is 11.8 Å². The summed E-state index contributed by atoms with van der Waals surface area (Å²) in [4.78, 5) is 35.0. The summed E-state index contributed by atoms with van der Waals surface area (Å²) in [6, 6.07) is 8.40. The molecule has 0 bridgehead atoms. The SMILES string of the molecule is CC(=O)c1cccc(OCCCC(=O)[C@@H](C#N)C(=O)NC(C)C)c1. The highest BCUT2D eigenvalue weighted by atomic mass is 16.5. The average molecular weight is 330 g/mol. The van der Waals surface area contributed by atoms with Crippen molar-refractivity contribution >= 4 is 17.5 Å². The van der Waals surface area contributed by atoms with E-state index in [1.54, 1.807) is 44.2 Å². The number of ether oxygens (including phenoxy) is 1. The number of carbonyl (C=O) groups is 3. The van der Waals surface area contributed by atoms with E-state index in [4.69, 9.17) is 10.00 Å². The molecule has 128 valence electrons. The van der Waals surface area contributed by atoms with Gasteiger partial charge in [0, 0.05) is 18.0 Å². The van der Waals surface area contributed by atoms with E-state index in [9.17, 15) is 14.4 Å². The lowest BCUT2D eigenvalue weighted by atomic mass is 10.0. The summed E-state index contributed by atoms with van der Waals surface area (Å²) in [5.41, 5.74) is 0.554. The molecule has 0 aliphatic heterocycles. The monoisotopic (exact) mass is 330 g/mol.